The monoisotopic (exact) mass is 312 g/mol. The Balaban J connectivity index is 0.000000170. The first-order valence-electron chi connectivity index (χ1n) is 7.23. The van der Waals surface area contributed by atoms with Crippen molar-refractivity contribution in [3.8, 4) is 0 Å². The highest BCUT2D eigenvalue weighted by Crippen LogP contribution is 2.66. The van der Waals surface area contributed by atoms with Crippen LogP contribution in [-0.4, -0.2) is 32.1 Å². The molecule has 0 bridgehead atoms. The summed E-state index contributed by atoms with van der Waals surface area (Å²) in [6, 6.07) is 8.84. The lowest BCUT2D eigenvalue weighted by Gasteiger charge is -2.08. The molecule has 0 radical (unpaired) electrons. The molecule has 2 aromatic rings. The molecular formula is C17H16N2O4. The minimum absolute atomic E-state index is 0.375. The molecule has 1 heterocycles. The molecule has 2 aliphatic carbocycles. The van der Waals surface area contributed by atoms with Crippen LogP contribution in [-0.2, 0) is 21.4 Å². The summed E-state index contributed by atoms with van der Waals surface area (Å²) in [6.07, 6.45) is 7.39. The predicted molar refractivity (Wildman–Crippen MR) is 82.2 cm³/mol. The third-order valence-electron chi connectivity index (χ3n) is 4.41. The molecule has 6 nitrogen and oxygen atoms in total. The first kappa shape index (κ1) is 15.0. The molecule has 1 fully saturated rings. The zero-order chi connectivity index (χ0) is 16.4. The standard InChI is InChI=1S/C13H12N2.C4H4O4/c1-2-4-10-9(3-1)5-13(6-11(10)13)12-7-14-8-15-12;5-3(6)1-2-4(7)8/h1-4,7-8,11H,5-6H2,(H,14,15);1-2H,(H,5,6)(H,7,8)/b;2-1+/t11-,13+;/m1./s1. The summed E-state index contributed by atoms with van der Waals surface area (Å²) in [5.41, 5.74) is 4.79. The summed E-state index contributed by atoms with van der Waals surface area (Å²) in [5.74, 6) is -1.77. The first-order valence-corrected chi connectivity index (χ1v) is 7.23. The van der Waals surface area contributed by atoms with Crippen LogP contribution < -0.4 is 0 Å². The number of hydrogen-bond acceptors (Lipinski definition) is 3. The second-order valence-corrected chi connectivity index (χ2v) is 5.76. The van der Waals surface area contributed by atoms with Gasteiger partial charge < -0.3 is 15.2 Å². The van der Waals surface area contributed by atoms with Crippen molar-refractivity contribution in [2.75, 3.05) is 0 Å². The molecule has 118 valence electrons. The van der Waals surface area contributed by atoms with Crippen LogP contribution >= 0.6 is 0 Å². The first-order chi connectivity index (χ1) is 11.0. The fourth-order valence-corrected chi connectivity index (χ4v) is 3.35. The van der Waals surface area contributed by atoms with Crippen molar-refractivity contribution in [2.24, 2.45) is 0 Å². The molecule has 6 heteroatoms. The number of fused-ring (bicyclic) bond motifs is 3. The Bertz CT molecular complexity index is 751. The number of carboxylic acid groups (broad SMARTS) is 2. The van der Waals surface area contributed by atoms with Gasteiger partial charge in [0.05, 0.1) is 6.33 Å². The van der Waals surface area contributed by atoms with Crippen molar-refractivity contribution in [1.29, 1.82) is 0 Å². The molecule has 2 aliphatic rings. The summed E-state index contributed by atoms with van der Waals surface area (Å²) >= 11 is 0. The van der Waals surface area contributed by atoms with Gasteiger partial charge in [0.1, 0.15) is 0 Å². The predicted octanol–water partition coefficient (Wildman–Crippen LogP) is 2.10. The van der Waals surface area contributed by atoms with Gasteiger partial charge >= 0.3 is 11.9 Å². The van der Waals surface area contributed by atoms with Crippen LogP contribution in [0.15, 0.2) is 48.9 Å². The lowest BCUT2D eigenvalue weighted by Crippen LogP contribution is -2.08. The summed E-state index contributed by atoms with van der Waals surface area (Å²) in [6.45, 7) is 0. The summed E-state index contributed by atoms with van der Waals surface area (Å²) in [4.78, 5) is 26.5. The number of carboxylic acids is 2. The van der Waals surface area contributed by atoms with Crippen LogP contribution in [0.25, 0.3) is 0 Å². The van der Waals surface area contributed by atoms with E-state index in [1.807, 2.05) is 6.20 Å². The number of nitrogens with one attached hydrogen (secondary N) is 1. The maximum Gasteiger partial charge on any atom is 0.328 e. The minimum Gasteiger partial charge on any atom is -0.478 e. The zero-order valence-corrected chi connectivity index (χ0v) is 12.3. The highest BCUT2D eigenvalue weighted by molar-refractivity contribution is 5.89. The molecule has 0 aliphatic heterocycles. The van der Waals surface area contributed by atoms with Crippen molar-refractivity contribution < 1.29 is 19.8 Å². The fourth-order valence-electron chi connectivity index (χ4n) is 3.35. The molecule has 0 amide bonds. The van der Waals surface area contributed by atoms with Gasteiger partial charge in [-0.05, 0) is 29.9 Å². The van der Waals surface area contributed by atoms with Gasteiger partial charge in [-0.2, -0.15) is 0 Å². The van der Waals surface area contributed by atoms with Gasteiger partial charge in [0.2, 0.25) is 0 Å². The average Bonchev–Trinajstić information content (AvgIpc) is 2.92. The van der Waals surface area contributed by atoms with E-state index in [0.717, 1.165) is 5.92 Å². The molecule has 1 aromatic heterocycles. The number of H-pyrrole nitrogens is 1. The zero-order valence-electron chi connectivity index (χ0n) is 12.3. The van der Waals surface area contributed by atoms with Gasteiger partial charge in [0.15, 0.2) is 0 Å². The van der Waals surface area contributed by atoms with E-state index in [9.17, 15) is 9.59 Å². The molecule has 0 saturated heterocycles. The molecule has 0 unspecified atom stereocenters. The van der Waals surface area contributed by atoms with Gasteiger partial charge in [-0.1, -0.05) is 24.3 Å². The van der Waals surface area contributed by atoms with Crippen LogP contribution in [0.2, 0.25) is 0 Å². The molecular weight excluding hydrogens is 296 g/mol. The summed E-state index contributed by atoms with van der Waals surface area (Å²) in [5, 5.41) is 15.6. The molecule has 1 aromatic carbocycles. The topological polar surface area (TPSA) is 103 Å². The van der Waals surface area contributed by atoms with Gasteiger partial charge in [0.25, 0.3) is 0 Å². The second kappa shape index (κ2) is 5.72. The van der Waals surface area contributed by atoms with Crippen molar-refractivity contribution in [2.45, 2.75) is 24.2 Å². The van der Waals surface area contributed by atoms with E-state index < -0.39 is 11.9 Å². The molecule has 2 atom stereocenters. The van der Waals surface area contributed by atoms with Crippen LogP contribution in [0.5, 0.6) is 0 Å². The average molecular weight is 312 g/mol. The number of benzene rings is 1. The molecule has 1 saturated carbocycles. The highest BCUT2D eigenvalue weighted by atomic mass is 16.4. The van der Waals surface area contributed by atoms with E-state index in [-0.39, 0.29) is 0 Å². The smallest absolute Gasteiger partial charge is 0.328 e. The Hall–Kier alpha value is -2.89. The lowest BCUT2D eigenvalue weighted by molar-refractivity contribution is -0.134. The maximum atomic E-state index is 9.55. The van der Waals surface area contributed by atoms with Crippen LogP contribution in [0.3, 0.4) is 0 Å². The van der Waals surface area contributed by atoms with E-state index in [1.54, 1.807) is 11.9 Å². The molecule has 23 heavy (non-hydrogen) atoms. The van der Waals surface area contributed by atoms with Crippen molar-refractivity contribution in [3.05, 3.63) is 65.8 Å². The van der Waals surface area contributed by atoms with Crippen molar-refractivity contribution >= 4 is 11.9 Å². The maximum absolute atomic E-state index is 9.55. The number of rotatable bonds is 3. The quantitative estimate of drug-likeness (QED) is 0.753. The Labute approximate surface area is 132 Å². The highest BCUT2D eigenvalue weighted by Gasteiger charge is 2.61. The third kappa shape index (κ3) is 2.88. The van der Waals surface area contributed by atoms with E-state index in [4.69, 9.17) is 10.2 Å². The van der Waals surface area contributed by atoms with Gasteiger partial charge in [0, 0.05) is 29.5 Å². The van der Waals surface area contributed by atoms with Crippen LogP contribution in [0.1, 0.15) is 29.2 Å². The second-order valence-electron chi connectivity index (χ2n) is 5.76. The number of aromatic nitrogens is 2. The van der Waals surface area contributed by atoms with E-state index in [1.165, 1.54) is 24.1 Å². The third-order valence-corrected chi connectivity index (χ3v) is 4.41. The Morgan fingerprint density at radius 1 is 1.22 bits per heavy atom. The number of imidazole rings is 1. The van der Waals surface area contributed by atoms with Gasteiger partial charge in [-0.3, -0.25) is 0 Å². The Morgan fingerprint density at radius 2 is 1.91 bits per heavy atom. The van der Waals surface area contributed by atoms with Gasteiger partial charge in [-0.15, -0.1) is 0 Å². The number of carbonyl (C=O) groups is 2. The molecule has 3 N–H and O–H groups in total. The summed E-state index contributed by atoms with van der Waals surface area (Å²) in [7, 11) is 0. The largest absolute Gasteiger partial charge is 0.478 e. The molecule has 4 rings (SSSR count). The Morgan fingerprint density at radius 3 is 2.48 bits per heavy atom. The lowest BCUT2D eigenvalue weighted by atomic mass is 9.98. The van der Waals surface area contributed by atoms with Crippen molar-refractivity contribution in [1.82, 2.24) is 9.97 Å². The van der Waals surface area contributed by atoms with E-state index in [2.05, 4.69) is 34.2 Å². The summed E-state index contributed by atoms with van der Waals surface area (Å²) < 4.78 is 0. The number of aliphatic carboxylic acids is 2. The number of hydrogen-bond donors (Lipinski definition) is 3. The van der Waals surface area contributed by atoms with Crippen LogP contribution in [0, 0.1) is 0 Å². The number of nitrogens with zero attached hydrogens (tertiary/aromatic N) is 1. The Kier molecular flexibility index (Phi) is 3.73. The molecule has 0 spiro atoms. The van der Waals surface area contributed by atoms with E-state index in [0.29, 0.717) is 17.6 Å². The minimum atomic E-state index is -1.26. The van der Waals surface area contributed by atoms with Crippen molar-refractivity contribution in [3.63, 3.8) is 0 Å². The van der Waals surface area contributed by atoms with E-state index >= 15 is 0 Å². The van der Waals surface area contributed by atoms with Gasteiger partial charge in [-0.25, -0.2) is 14.6 Å². The normalized spacial score (nSPS) is 23.6. The van der Waals surface area contributed by atoms with Crippen LogP contribution in [0.4, 0.5) is 0 Å². The SMILES string of the molecule is O=C(O)/C=C/C(=O)O.c1ccc2c(c1)C[C@]1(c3cnc[nH]3)C[C@H]21. The fraction of sp³-hybridized carbons (Fsp3) is 0.235. The number of aromatic amines is 1.